The molecule has 2 rings (SSSR count). The normalized spacial score (nSPS) is 21.8. The van der Waals surface area contributed by atoms with E-state index in [2.05, 4.69) is 0 Å². The van der Waals surface area contributed by atoms with Crippen LogP contribution in [0, 0.1) is 6.92 Å². The average Bonchev–Trinajstić information content (AvgIpc) is 2.82. The first-order chi connectivity index (χ1) is 14.9. The summed E-state index contributed by atoms with van der Waals surface area (Å²) in [7, 11) is 1.44. The van der Waals surface area contributed by atoms with Crippen molar-refractivity contribution in [3.8, 4) is 0 Å². The third-order valence-electron chi connectivity index (χ3n) is 5.52. The van der Waals surface area contributed by atoms with Crippen molar-refractivity contribution in [2.45, 2.75) is 46.1 Å². The molecule has 0 fully saturated rings. The number of hydrogen-bond acceptors (Lipinski definition) is 8. The van der Waals surface area contributed by atoms with Crippen molar-refractivity contribution < 1.29 is 40.5 Å². The van der Waals surface area contributed by atoms with Gasteiger partial charge in [0.05, 0.1) is 18.9 Å². The molecule has 0 heterocycles. The van der Waals surface area contributed by atoms with Crippen molar-refractivity contribution in [3.63, 3.8) is 0 Å². The van der Waals surface area contributed by atoms with Crippen molar-refractivity contribution in [3.05, 3.63) is 86.9 Å². The molecule has 0 radical (unpaired) electrons. The molecule has 7 N–H and O–H groups in total. The Labute approximate surface area is 186 Å². The van der Waals surface area contributed by atoms with Crippen LogP contribution >= 0.6 is 0 Å². The SMILES string of the molecule is COC(=C(C)/C(C)=C/O)/C(=C(\C)O)c1cc(C)cc(C2CC(O)C(O)=C(O)C(O)=C2O)c1. The predicted octanol–water partition coefficient (Wildman–Crippen LogP) is 5.17. The average molecular weight is 446 g/mol. The Morgan fingerprint density at radius 1 is 1.00 bits per heavy atom. The fourth-order valence-corrected chi connectivity index (χ4v) is 3.69. The third kappa shape index (κ3) is 4.70. The van der Waals surface area contributed by atoms with Crippen LogP contribution in [0.25, 0.3) is 5.57 Å². The first kappa shape index (κ1) is 24.7. The minimum atomic E-state index is -1.51. The van der Waals surface area contributed by atoms with Crippen molar-refractivity contribution in [2.24, 2.45) is 0 Å². The largest absolute Gasteiger partial charge is 0.515 e. The van der Waals surface area contributed by atoms with Crippen LogP contribution in [0.5, 0.6) is 0 Å². The molecule has 0 spiro atoms. The summed E-state index contributed by atoms with van der Waals surface area (Å²) in [6.45, 7) is 6.69. The topological polar surface area (TPSA) is 151 Å². The smallest absolute Gasteiger partial charge is 0.202 e. The number of allylic oxidation sites excluding steroid dienone is 5. The van der Waals surface area contributed by atoms with Gasteiger partial charge >= 0.3 is 0 Å². The monoisotopic (exact) mass is 446 g/mol. The second kappa shape index (κ2) is 9.74. The van der Waals surface area contributed by atoms with Gasteiger partial charge in [-0.25, -0.2) is 0 Å². The van der Waals surface area contributed by atoms with E-state index in [9.17, 15) is 35.7 Å². The molecule has 32 heavy (non-hydrogen) atoms. The van der Waals surface area contributed by atoms with Gasteiger partial charge in [-0.1, -0.05) is 23.8 Å². The summed E-state index contributed by atoms with van der Waals surface area (Å²) in [6, 6.07) is 5.15. The van der Waals surface area contributed by atoms with E-state index in [1.165, 1.54) is 14.0 Å². The standard InChI is InChI=1S/C24H30O8/c1-11-6-15(17-9-18(27)21(29)23(31)22(30)20(17)28)8-16(7-11)19(14(4)26)24(32-5)13(3)12(2)10-25/h6-8,10,17-18,25-31H,9H2,1-5H3/b12-10+,19-14+,24-13+. The molecule has 8 nitrogen and oxygen atoms in total. The van der Waals surface area contributed by atoms with Crippen molar-refractivity contribution >= 4 is 5.57 Å². The molecular formula is C24H30O8. The fraction of sp³-hybridized carbons (Fsp3) is 0.333. The van der Waals surface area contributed by atoms with Gasteiger partial charge in [0.2, 0.25) is 5.76 Å². The summed E-state index contributed by atoms with van der Waals surface area (Å²) in [6.07, 6.45) is -0.783. The van der Waals surface area contributed by atoms with E-state index in [1.807, 2.05) is 0 Å². The minimum Gasteiger partial charge on any atom is -0.515 e. The number of aliphatic hydroxyl groups is 7. The Morgan fingerprint density at radius 3 is 2.12 bits per heavy atom. The van der Waals surface area contributed by atoms with E-state index in [-0.39, 0.29) is 12.2 Å². The second-order valence-corrected chi connectivity index (χ2v) is 7.83. The first-order valence-electron chi connectivity index (χ1n) is 9.95. The van der Waals surface area contributed by atoms with Crippen LogP contribution in [-0.2, 0) is 4.74 Å². The zero-order chi connectivity index (χ0) is 24.3. The summed E-state index contributed by atoms with van der Waals surface area (Å²) in [5, 5.41) is 70.5. The number of rotatable bonds is 5. The lowest BCUT2D eigenvalue weighted by molar-refractivity contribution is 0.128. The summed E-state index contributed by atoms with van der Waals surface area (Å²) in [5.74, 6) is -4.02. The van der Waals surface area contributed by atoms with Crippen molar-refractivity contribution in [1.29, 1.82) is 0 Å². The summed E-state index contributed by atoms with van der Waals surface area (Å²) in [5.41, 5.74) is 3.20. The Hall–Kier alpha value is -3.52. The van der Waals surface area contributed by atoms with E-state index in [0.29, 0.717) is 33.6 Å². The maximum Gasteiger partial charge on any atom is 0.202 e. The van der Waals surface area contributed by atoms with Crippen molar-refractivity contribution in [1.82, 2.24) is 0 Å². The van der Waals surface area contributed by atoms with Crippen LogP contribution in [0.15, 0.2) is 70.2 Å². The summed E-state index contributed by atoms with van der Waals surface area (Å²) < 4.78 is 5.54. The lowest BCUT2D eigenvalue weighted by Gasteiger charge is -2.21. The first-order valence-corrected chi connectivity index (χ1v) is 9.95. The zero-order valence-corrected chi connectivity index (χ0v) is 18.7. The molecule has 1 aromatic rings. The number of methoxy groups -OCH3 is 1. The van der Waals surface area contributed by atoms with Crippen LogP contribution in [0.1, 0.15) is 49.8 Å². The Kier molecular flexibility index (Phi) is 7.53. The number of aryl methyl sites for hydroxylation is 1. The molecule has 1 aliphatic carbocycles. The second-order valence-electron chi connectivity index (χ2n) is 7.83. The number of benzene rings is 1. The molecular weight excluding hydrogens is 416 g/mol. The van der Waals surface area contributed by atoms with E-state index < -0.39 is 35.1 Å². The zero-order valence-electron chi connectivity index (χ0n) is 18.7. The van der Waals surface area contributed by atoms with Crippen LogP contribution in [0.3, 0.4) is 0 Å². The Balaban J connectivity index is 2.73. The number of hydrogen-bond donors (Lipinski definition) is 7. The van der Waals surface area contributed by atoms with Crippen LogP contribution < -0.4 is 0 Å². The highest BCUT2D eigenvalue weighted by Gasteiger charge is 2.33. The molecule has 0 saturated heterocycles. The molecule has 8 heteroatoms. The molecule has 174 valence electrons. The fourth-order valence-electron chi connectivity index (χ4n) is 3.69. The highest BCUT2D eigenvalue weighted by atomic mass is 16.5. The van der Waals surface area contributed by atoms with Gasteiger partial charge in [0.15, 0.2) is 11.5 Å². The van der Waals surface area contributed by atoms with Gasteiger partial charge in [-0.05, 0) is 56.4 Å². The van der Waals surface area contributed by atoms with E-state index >= 15 is 0 Å². The van der Waals surface area contributed by atoms with Gasteiger partial charge in [0.25, 0.3) is 0 Å². The molecule has 0 aromatic heterocycles. The van der Waals surface area contributed by atoms with Crippen molar-refractivity contribution in [2.75, 3.05) is 7.11 Å². The van der Waals surface area contributed by atoms with Gasteiger partial charge in [0.1, 0.15) is 23.4 Å². The van der Waals surface area contributed by atoms with Crippen LogP contribution in [-0.4, -0.2) is 49.0 Å². The van der Waals surface area contributed by atoms with Gasteiger partial charge in [-0.3, -0.25) is 0 Å². The van der Waals surface area contributed by atoms with E-state index in [4.69, 9.17) is 4.74 Å². The molecule has 0 bridgehead atoms. The van der Waals surface area contributed by atoms with Gasteiger partial charge < -0.3 is 40.5 Å². The van der Waals surface area contributed by atoms with Gasteiger partial charge in [-0.15, -0.1) is 0 Å². The van der Waals surface area contributed by atoms with Gasteiger partial charge in [0, 0.05) is 5.92 Å². The van der Waals surface area contributed by atoms with Crippen LogP contribution in [0.4, 0.5) is 0 Å². The molecule has 2 unspecified atom stereocenters. The maximum absolute atomic E-state index is 10.5. The molecule has 0 saturated carbocycles. The summed E-state index contributed by atoms with van der Waals surface area (Å²) in [4.78, 5) is 0. The third-order valence-corrected chi connectivity index (χ3v) is 5.52. The van der Waals surface area contributed by atoms with E-state index in [0.717, 1.165) is 11.8 Å². The van der Waals surface area contributed by atoms with E-state index in [1.54, 1.807) is 39.0 Å². The number of aliphatic hydroxyl groups excluding tert-OH is 7. The number of ether oxygens (including phenoxy) is 1. The lowest BCUT2D eigenvalue weighted by Crippen LogP contribution is -2.15. The Bertz CT molecular complexity index is 1050. The maximum atomic E-state index is 10.5. The molecule has 0 aliphatic heterocycles. The predicted molar refractivity (Wildman–Crippen MR) is 120 cm³/mol. The molecule has 0 amide bonds. The van der Waals surface area contributed by atoms with Crippen LogP contribution in [0.2, 0.25) is 0 Å². The highest BCUT2D eigenvalue weighted by molar-refractivity contribution is 5.80. The quantitative estimate of drug-likeness (QED) is 0.242. The van der Waals surface area contributed by atoms with Gasteiger partial charge in [-0.2, -0.15) is 0 Å². The minimum absolute atomic E-state index is 0.0519. The molecule has 1 aliphatic rings. The molecule has 2 atom stereocenters. The molecule has 1 aromatic carbocycles. The lowest BCUT2D eigenvalue weighted by atomic mass is 9.87. The highest BCUT2D eigenvalue weighted by Crippen LogP contribution is 2.39. The Morgan fingerprint density at radius 2 is 1.59 bits per heavy atom. The summed E-state index contributed by atoms with van der Waals surface area (Å²) >= 11 is 0.